The van der Waals surface area contributed by atoms with Gasteiger partial charge in [-0.25, -0.2) is 17.5 Å². The van der Waals surface area contributed by atoms with E-state index in [2.05, 4.69) is 4.98 Å². The van der Waals surface area contributed by atoms with Crippen LogP contribution in [0, 0.1) is 0 Å². The fourth-order valence-electron chi connectivity index (χ4n) is 1.68. The minimum atomic E-state index is -1.28. The summed E-state index contributed by atoms with van der Waals surface area (Å²) in [6, 6.07) is 0. The van der Waals surface area contributed by atoms with E-state index < -0.39 is 29.5 Å². The molecule has 1 aliphatic heterocycles. The highest BCUT2D eigenvalue weighted by Gasteiger charge is 2.52. The summed E-state index contributed by atoms with van der Waals surface area (Å²) in [5, 5.41) is 0. The molecule has 0 saturated carbocycles. The topological polar surface area (TPSA) is 56.6 Å². The van der Waals surface area contributed by atoms with E-state index in [0.29, 0.717) is 5.59 Å². The van der Waals surface area contributed by atoms with Crippen molar-refractivity contribution < 1.29 is 13.5 Å². The molecule has 1 aliphatic rings. The van der Waals surface area contributed by atoms with Crippen LogP contribution in [0.4, 0.5) is 0 Å². The van der Waals surface area contributed by atoms with Gasteiger partial charge in [0.05, 0.1) is 16.8 Å². The number of hydrogen-bond acceptors (Lipinski definition) is 4. The van der Waals surface area contributed by atoms with Gasteiger partial charge in [-0.3, -0.25) is 0 Å². The van der Waals surface area contributed by atoms with Crippen molar-refractivity contribution in [2.45, 2.75) is 38.9 Å². The number of nitrogens with zero attached hydrogens (tertiary/aromatic N) is 3. The van der Waals surface area contributed by atoms with Crippen molar-refractivity contribution in [2.24, 2.45) is 0 Å². The highest BCUT2D eigenvalue weighted by atomic mass is 32.2. The van der Waals surface area contributed by atoms with Gasteiger partial charge in [-0.1, -0.05) is 0 Å². The molecule has 0 spiro atoms. The van der Waals surface area contributed by atoms with Crippen molar-refractivity contribution >= 4 is 23.9 Å². The highest BCUT2D eigenvalue weighted by molar-refractivity contribution is 7.81. The zero-order chi connectivity index (χ0) is 14.4. The normalized spacial score (nSPS) is 23.0. The average Bonchev–Trinajstić information content (AvgIpc) is 2.81. The summed E-state index contributed by atoms with van der Waals surface area (Å²) in [7, 11) is 2.96. The molecule has 0 aromatic carbocycles. The van der Waals surface area contributed by atoms with Crippen molar-refractivity contribution in [3.63, 3.8) is 0 Å². The van der Waals surface area contributed by atoms with E-state index in [-0.39, 0.29) is 0 Å². The molecule has 0 radical (unpaired) electrons. The van der Waals surface area contributed by atoms with E-state index in [1.165, 1.54) is 10.3 Å². The lowest BCUT2D eigenvalue weighted by molar-refractivity contribution is 0.00578. The van der Waals surface area contributed by atoms with E-state index in [0.717, 1.165) is 0 Å². The van der Waals surface area contributed by atoms with Crippen LogP contribution in [0.2, 0.25) is 0 Å². The summed E-state index contributed by atoms with van der Waals surface area (Å²) in [5.41, 5.74) is -0.168. The molecular weight excluding hydrogens is 265 g/mol. The molecule has 0 bridgehead atoms. The maximum atomic E-state index is 11.9. The second kappa shape index (κ2) is 4.69. The predicted molar refractivity (Wildman–Crippen MR) is 75.2 cm³/mol. The summed E-state index contributed by atoms with van der Waals surface area (Å²) < 4.78 is 26.8. The van der Waals surface area contributed by atoms with Crippen LogP contribution >= 0.6 is 0 Å². The van der Waals surface area contributed by atoms with E-state index >= 15 is 0 Å². The second-order valence-corrected chi connectivity index (χ2v) is 7.40. The summed E-state index contributed by atoms with van der Waals surface area (Å²) in [6.45, 7) is 7.95. The lowest BCUT2D eigenvalue weighted by Gasteiger charge is -2.32. The molecule has 6 nitrogen and oxygen atoms in total. The first-order valence-corrected chi connectivity index (χ1v) is 7.20. The van der Waals surface area contributed by atoms with Gasteiger partial charge in [-0.05, 0) is 27.7 Å². The first-order valence-electron chi connectivity index (χ1n) is 6.13. The van der Waals surface area contributed by atoms with Crippen molar-refractivity contribution in [3.8, 4) is 0 Å². The minimum absolute atomic E-state index is 0.401. The zero-order valence-corrected chi connectivity index (χ0v) is 13.0. The third-order valence-electron chi connectivity index (χ3n) is 3.57. The smallest absolute Gasteiger partial charge is 0.398 e. The minimum Gasteiger partial charge on any atom is -0.398 e. The van der Waals surface area contributed by atoms with Gasteiger partial charge < -0.3 is 9.31 Å². The summed E-state index contributed by atoms with van der Waals surface area (Å²) in [4.78, 5) is 4.23. The van der Waals surface area contributed by atoms with Crippen LogP contribution in [0.15, 0.2) is 12.5 Å². The van der Waals surface area contributed by atoms with Crippen LogP contribution in [0.5, 0.6) is 0 Å². The fourth-order valence-corrected chi connectivity index (χ4v) is 2.38. The van der Waals surface area contributed by atoms with Crippen LogP contribution in [0.1, 0.15) is 27.7 Å². The molecule has 1 aromatic rings. The van der Waals surface area contributed by atoms with E-state index in [1.54, 1.807) is 24.6 Å². The molecule has 1 unspecified atom stereocenters. The van der Waals surface area contributed by atoms with Gasteiger partial charge >= 0.3 is 7.12 Å². The predicted octanol–water partition coefficient (Wildman–Crippen LogP) is 0.171. The Labute approximate surface area is 117 Å². The fraction of sp³-hybridized carbons (Fsp3) is 0.727. The third kappa shape index (κ3) is 2.62. The molecule has 1 fully saturated rings. The molecule has 2 rings (SSSR count). The summed E-state index contributed by atoms with van der Waals surface area (Å²) in [6.07, 6.45) is 3.22. The third-order valence-corrected chi connectivity index (χ3v) is 4.75. The lowest BCUT2D eigenvalue weighted by Crippen LogP contribution is -2.41. The molecule has 2 heterocycles. The summed E-state index contributed by atoms with van der Waals surface area (Å²) in [5.74, 6) is 0. The molecule has 1 saturated heterocycles. The molecule has 0 amide bonds. The van der Waals surface area contributed by atoms with Gasteiger partial charge in [0, 0.05) is 20.3 Å². The maximum Gasteiger partial charge on any atom is 0.516 e. The van der Waals surface area contributed by atoms with Crippen molar-refractivity contribution in [1.82, 2.24) is 13.3 Å². The van der Waals surface area contributed by atoms with Gasteiger partial charge in [0.25, 0.3) is 0 Å². The standard InChI is InChI=1S/C11H20BN3O3S/c1-10(2)11(3,4)18-12(17-10)9-7-15(8-13-9)19(16)14(5)6/h7-8H,1-6H3. The Morgan fingerprint density at radius 3 is 2.26 bits per heavy atom. The Bertz CT molecular complexity index is 485. The lowest BCUT2D eigenvalue weighted by atomic mass is 9.86. The Morgan fingerprint density at radius 1 is 1.26 bits per heavy atom. The van der Waals surface area contributed by atoms with Gasteiger partial charge in [-0.15, -0.1) is 0 Å². The monoisotopic (exact) mass is 285 g/mol. The van der Waals surface area contributed by atoms with Gasteiger partial charge in [0.2, 0.25) is 11.2 Å². The molecule has 8 heteroatoms. The van der Waals surface area contributed by atoms with E-state index in [4.69, 9.17) is 9.31 Å². The van der Waals surface area contributed by atoms with Crippen LogP contribution in [-0.4, -0.2) is 49.9 Å². The van der Waals surface area contributed by atoms with E-state index in [1.807, 2.05) is 27.7 Å². The molecule has 1 aromatic heterocycles. The number of rotatable bonds is 3. The molecule has 0 N–H and O–H groups in total. The Hall–Kier alpha value is -0.695. The van der Waals surface area contributed by atoms with Crippen molar-refractivity contribution in [3.05, 3.63) is 12.5 Å². The van der Waals surface area contributed by atoms with Gasteiger partial charge in [-0.2, -0.15) is 0 Å². The van der Waals surface area contributed by atoms with Crippen LogP contribution in [0.3, 0.4) is 0 Å². The molecule has 1 atom stereocenters. The van der Waals surface area contributed by atoms with Crippen molar-refractivity contribution in [1.29, 1.82) is 0 Å². The number of imidazole rings is 1. The van der Waals surface area contributed by atoms with Crippen LogP contribution < -0.4 is 5.59 Å². The molecule has 19 heavy (non-hydrogen) atoms. The second-order valence-electron chi connectivity index (χ2n) is 5.79. The van der Waals surface area contributed by atoms with Gasteiger partial charge in [0.15, 0.2) is 0 Å². The highest BCUT2D eigenvalue weighted by Crippen LogP contribution is 2.36. The number of hydrogen-bond donors (Lipinski definition) is 0. The SMILES string of the molecule is CN(C)S(=O)n1cnc(B2OC(C)(C)C(C)(C)O2)c1. The largest absolute Gasteiger partial charge is 0.516 e. The van der Waals surface area contributed by atoms with Crippen LogP contribution in [0.25, 0.3) is 0 Å². The van der Waals surface area contributed by atoms with E-state index in [9.17, 15) is 4.21 Å². The molecule has 106 valence electrons. The summed E-state index contributed by atoms with van der Waals surface area (Å²) >= 11 is -1.28. The number of aromatic nitrogens is 2. The first kappa shape index (κ1) is 14.7. The first-order chi connectivity index (χ1) is 8.64. The quantitative estimate of drug-likeness (QED) is 0.743. The Morgan fingerprint density at radius 2 is 1.79 bits per heavy atom. The average molecular weight is 285 g/mol. The molecular formula is C11H20BN3O3S. The Kier molecular flexibility index (Phi) is 3.63. The van der Waals surface area contributed by atoms with Crippen molar-refractivity contribution in [2.75, 3.05) is 14.1 Å². The maximum absolute atomic E-state index is 11.9. The molecule has 0 aliphatic carbocycles. The zero-order valence-electron chi connectivity index (χ0n) is 12.2. The Balaban J connectivity index is 2.20. The van der Waals surface area contributed by atoms with Crippen LogP contribution in [-0.2, 0) is 20.5 Å². The van der Waals surface area contributed by atoms with Gasteiger partial charge in [0.1, 0.15) is 6.33 Å².